The number of hydrogen-bond acceptors (Lipinski definition) is 3. The molecular weight excluding hydrogens is 221 g/mol. The van der Waals surface area contributed by atoms with Crippen LogP contribution >= 0.6 is 0 Å². The number of esters is 1. The van der Waals surface area contributed by atoms with Crippen LogP contribution < -0.4 is 0 Å². The smallest absolute Gasteiger partial charge is 0.340 e. The number of rotatable bonds is 5. The number of methoxy groups -OCH3 is 1. The molecule has 0 amide bonds. The van der Waals surface area contributed by atoms with E-state index in [1.54, 1.807) is 6.07 Å². The number of carbonyl (C=O) groups excluding carboxylic acids is 1. The van der Waals surface area contributed by atoms with Gasteiger partial charge >= 0.3 is 5.97 Å². The average Bonchev–Trinajstić information content (AvgIpc) is 2.28. The molecule has 1 rings (SSSR count). The van der Waals surface area contributed by atoms with Gasteiger partial charge in [-0.1, -0.05) is 13.0 Å². The van der Waals surface area contributed by atoms with Crippen LogP contribution in [0.2, 0.25) is 0 Å². The summed E-state index contributed by atoms with van der Waals surface area (Å²) in [5.74, 6) is -1.17. The van der Waals surface area contributed by atoms with Crippen molar-refractivity contribution in [2.45, 2.75) is 19.9 Å². The van der Waals surface area contributed by atoms with Gasteiger partial charge in [0.05, 0.1) is 12.7 Å². The van der Waals surface area contributed by atoms with Gasteiger partial charge in [-0.25, -0.2) is 9.18 Å². The van der Waals surface area contributed by atoms with Crippen molar-refractivity contribution in [3.63, 3.8) is 0 Å². The third kappa shape index (κ3) is 3.82. The molecule has 0 aliphatic heterocycles. The summed E-state index contributed by atoms with van der Waals surface area (Å²) in [7, 11) is 3.22. The molecule has 1 aromatic carbocycles. The number of halogens is 1. The van der Waals surface area contributed by atoms with Crippen LogP contribution in [0.4, 0.5) is 4.39 Å². The van der Waals surface area contributed by atoms with Gasteiger partial charge in [0.2, 0.25) is 0 Å². The van der Waals surface area contributed by atoms with Crippen molar-refractivity contribution in [2.24, 2.45) is 0 Å². The minimum atomic E-state index is -0.643. The molecule has 1 aromatic rings. The highest BCUT2D eigenvalue weighted by Crippen LogP contribution is 2.13. The summed E-state index contributed by atoms with van der Waals surface area (Å²) in [6, 6.07) is 4.61. The highest BCUT2D eigenvalue weighted by molar-refractivity contribution is 5.89. The van der Waals surface area contributed by atoms with E-state index in [9.17, 15) is 9.18 Å². The van der Waals surface area contributed by atoms with E-state index >= 15 is 0 Å². The third-order valence-corrected chi connectivity index (χ3v) is 2.50. The van der Waals surface area contributed by atoms with E-state index in [1.165, 1.54) is 19.2 Å². The van der Waals surface area contributed by atoms with Crippen molar-refractivity contribution >= 4 is 5.97 Å². The van der Waals surface area contributed by atoms with E-state index in [-0.39, 0.29) is 5.56 Å². The van der Waals surface area contributed by atoms with E-state index in [0.717, 1.165) is 18.5 Å². The Kier molecular flexibility index (Phi) is 5.10. The highest BCUT2D eigenvalue weighted by Gasteiger charge is 2.12. The molecule has 0 aliphatic carbocycles. The molecule has 0 saturated carbocycles. The average molecular weight is 239 g/mol. The van der Waals surface area contributed by atoms with E-state index in [2.05, 4.69) is 16.6 Å². The molecule has 0 saturated heterocycles. The normalized spacial score (nSPS) is 10.6. The zero-order valence-electron chi connectivity index (χ0n) is 10.5. The zero-order valence-corrected chi connectivity index (χ0v) is 10.5. The quantitative estimate of drug-likeness (QED) is 0.739. The van der Waals surface area contributed by atoms with E-state index < -0.39 is 11.8 Å². The summed E-state index contributed by atoms with van der Waals surface area (Å²) in [6.45, 7) is 3.73. The Hall–Kier alpha value is -1.42. The Balaban J connectivity index is 2.78. The standard InChI is InChI=1S/C13H18FNO2/c1-4-7-15(2)9-10-5-6-11(12(14)8-10)13(16)17-3/h5-6,8H,4,7,9H2,1-3H3. The molecule has 0 bridgehead atoms. The number of hydrogen-bond donors (Lipinski definition) is 0. The van der Waals surface area contributed by atoms with Crippen LogP contribution in [0, 0.1) is 5.82 Å². The first-order valence-electron chi connectivity index (χ1n) is 5.63. The molecule has 0 fully saturated rings. The lowest BCUT2D eigenvalue weighted by molar-refractivity contribution is 0.0595. The van der Waals surface area contributed by atoms with Gasteiger partial charge < -0.3 is 9.64 Å². The van der Waals surface area contributed by atoms with Gasteiger partial charge in [0, 0.05) is 6.54 Å². The van der Waals surface area contributed by atoms with Crippen LogP contribution in [0.25, 0.3) is 0 Å². The van der Waals surface area contributed by atoms with Crippen molar-refractivity contribution in [1.29, 1.82) is 0 Å². The molecule has 4 heteroatoms. The van der Waals surface area contributed by atoms with Gasteiger partial charge in [0.1, 0.15) is 5.82 Å². The fraction of sp³-hybridized carbons (Fsp3) is 0.462. The van der Waals surface area contributed by atoms with Gasteiger partial charge in [0.25, 0.3) is 0 Å². The molecule has 0 N–H and O–H groups in total. The summed E-state index contributed by atoms with van der Waals surface area (Å²) in [4.78, 5) is 13.3. The van der Waals surface area contributed by atoms with Crippen LogP contribution in [0.3, 0.4) is 0 Å². The van der Waals surface area contributed by atoms with Gasteiger partial charge in [-0.15, -0.1) is 0 Å². The molecule has 0 unspecified atom stereocenters. The molecule has 0 heterocycles. The Bertz CT molecular complexity index is 393. The first kappa shape index (κ1) is 13.6. The Labute approximate surface area is 101 Å². The number of ether oxygens (including phenoxy) is 1. The fourth-order valence-electron chi connectivity index (χ4n) is 1.70. The van der Waals surface area contributed by atoms with Gasteiger partial charge in [-0.3, -0.25) is 0 Å². The summed E-state index contributed by atoms with van der Waals surface area (Å²) in [5, 5.41) is 0. The third-order valence-electron chi connectivity index (χ3n) is 2.50. The Morgan fingerprint density at radius 1 is 1.47 bits per heavy atom. The number of nitrogens with zero attached hydrogens (tertiary/aromatic N) is 1. The molecule has 3 nitrogen and oxygen atoms in total. The number of carbonyl (C=O) groups is 1. The summed E-state index contributed by atoms with van der Waals surface area (Å²) < 4.78 is 18.1. The number of benzene rings is 1. The van der Waals surface area contributed by atoms with Crippen molar-refractivity contribution in [2.75, 3.05) is 20.7 Å². The predicted molar refractivity (Wildman–Crippen MR) is 64.4 cm³/mol. The highest BCUT2D eigenvalue weighted by atomic mass is 19.1. The molecule has 0 aliphatic rings. The maximum atomic E-state index is 13.6. The van der Waals surface area contributed by atoms with Gasteiger partial charge in [-0.2, -0.15) is 0 Å². The first-order chi connectivity index (χ1) is 8.08. The topological polar surface area (TPSA) is 29.5 Å². The van der Waals surface area contributed by atoms with E-state index in [0.29, 0.717) is 6.54 Å². The van der Waals surface area contributed by atoms with Crippen LogP contribution in [0.1, 0.15) is 29.3 Å². The Morgan fingerprint density at radius 2 is 2.18 bits per heavy atom. The van der Waals surface area contributed by atoms with Crippen molar-refractivity contribution < 1.29 is 13.9 Å². The second-order valence-corrected chi connectivity index (χ2v) is 4.04. The molecule has 94 valence electrons. The lowest BCUT2D eigenvalue weighted by atomic mass is 10.1. The summed E-state index contributed by atoms with van der Waals surface area (Å²) >= 11 is 0. The minimum Gasteiger partial charge on any atom is -0.465 e. The first-order valence-corrected chi connectivity index (χ1v) is 5.63. The molecule has 0 radical (unpaired) electrons. The van der Waals surface area contributed by atoms with E-state index in [4.69, 9.17) is 0 Å². The minimum absolute atomic E-state index is 0.0191. The SMILES string of the molecule is CCCN(C)Cc1ccc(C(=O)OC)c(F)c1. The molecule has 17 heavy (non-hydrogen) atoms. The maximum absolute atomic E-state index is 13.6. The van der Waals surface area contributed by atoms with Crippen LogP contribution in [-0.2, 0) is 11.3 Å². The van der Waals surface area contributed by atoms with Crippen molar-refractivity contribution in [1.82, 2.24) is 4.90 Å². The van der Waals surface area contributed by atoms with Crippen LogP contribution in [0.5, 0.6) is 0 Å². The van der Waals surface area contributed by atoms with Crippen LogP contribution in [-0.4, -0.2) is 31.6 Å². The monoisotopic (exact) mass is 239 g/mol. The van der Waals surface area contributed by atoms with Gasteiger partial charge in [-0.05, 0) is 37.7 Å². The lowest BCUT2D eigenvalue weighted by Crippen LogP contribution is -2.18. The van der Waals surface area contributed by atoms with Crippen LogP contribution in [0.15, 0.2) is 18.2 Å². The van der Waals surface area contributed by atoms with Crippen molar-refractivity contribution in [3.8, 4) is 0 Å². The molecule has 0 aromatic heterocycles. The fourth-order valence-corrected chi connectivity index (χ4v) is 1.70. The summed E-state index contributed by atoms with van der Waals surface area (Å²) in [6.07, 6.45) is 1.05. The molecule has 0 atom stereocenters. The largest absolute Gasteiger partial charge is 0.465 e. The van der Waals surface area contributed by atoms with Crippen molar-refractivity contribution in [3.05, 3.63) is 35.1 Å². The molecular formula is C13H18FNO2. The maximum Gasteiger partial charge on any atom is 0.340 e. The second kappa shape index (κ2) is 6.35. The predicted octanol–water partition coefficient (Wildman–Crippen LogP) is 2.45. The van der Waals surface area contributed by atoms with E-state index in [1.807, 2.05) is 7.05 Å². The zero-order chi connectivity index (χ0) is 12.8. The van der Waals surface area contributed by atoms with Gasteiger partial charge in [0.15, 0.2) is 0 Å². The summed E-state index contributed by atoms with van der Waals surface area (Å²) in [5.41, 5.74) is 0.834. The second-order valence-electron chi connectivity index (χ2n) is 4.04. The Morgan fingerprint density at radius 3 is 2.71 bits per heavy atom. The molecule has 0 spiro atoms. The lowest BCUT2D eigenvalue weighted by Gasteiger charge is -2.15.